The molecule has 2 heterocycles. The molecule has 3 rings (SSSR count). The fourth-order valence-electron chi connectivity index (χ4n) is 2.28. The molecule has 0 unspecified atom stereocenters. The van der Waals surface area contributed by atoms with Crippen molar-refractivity contribution >= 4 is 29.1 Å². The molecule has 0 saturated carbocycles. The van der Waals surface area contributed by atoms with Crippen LogP contribution in [0.2, 0.25) is 0 Å². The Hall–Kier alpha value is -4.68. The first-order valence-electron chi connectivity index (χ1n) is 7.77. The number of benzene rings is 1. The summed E-state index contributed by atoms with van der Waals surface area (Å²) in [5, 5.41) is 36.5. The molecular formula is C16H10N6O7. The summed E-state index contributed by atoms with van der Waals surface area (Å²) in [4.78, 5) is 34.4. The van der Waals surface area contributed by atoms with E-state index in [0.29, 0.717) is 0 Å². The lowest BCUT2D eigenvalue weighted by Crippen LogP contribution is -1.95. The van der Waals surface area contributed by atoms with E-state index in [1.165, 1.54) is 36.5 Å². The van der Waals surface area contributed by atoms with Gasteiger partial charge in [0, 0.05) is 12.1 Å². The number of anilines is 1. The van der Waals surface area contributed by atoms with E-state index < -0.39 is 26.1 Å². The van der Waals surface area contributed by atoms with Crippen molar-refractivity contribution in [3.8, 4) is 11.3 Å². The van der Waals surface area contributed by atoms with Crippen LogP contribution in [0.5, 0.6) is 0 Å². The van der Waals surface area contributed by atoms with Crippen LogP contribution in [0.25, 0.3) is 11.3 Å². The van der Waals surface area contributed by atoms with Crippen molar-refractivity contribution in [2.24, 2.45) is 5.10 Å². The van der Waals surface area contributed by atoms with Crippen LogP contribution in [-0.2, 0) is 0 Å². The van der Waals surface area contributed by atoms with Gasteiger partial charge in [-0.2, -0.15) is 5.10 Å². The minimum atomic E-state index is -0.736. The van der Waals surface area contributed by atoms with Gasteiger partial charge < -0.3 is 4.42 Å². The molecule has 0 radical (unpaired) electrons. The quantitative estimate of drug-likeness (QED) is 0.354. The highest BCUT2D eigenvalue weighted by Crippen LogP contribution is 2.33. The van der Waals surface area contributed by atoms with Crippen molar-refractivity contribution in [2.75, 3.05) is 5.43 Å². The van der Waals surface area contributed by atoms with Gasteiger partial charge in [0.15, 0.2) is 0 Å². The number of nitro benzene ring substituents is 2. The number of hydrogen-bond donors (Lipinski definition) is 1. The molecule has 0 bridgehead atoms. The number of non-ortho nitro benzene ring substituents is 1. The third kappa shape index (κ3) is 4.36. The molecule has 29 heavy (non-hydrogen) atoms. The van der Waals surface area contributed by atoms with Gasteiger partial charge in [-0.05, 0) is 24.3 Å². The monoisotopic (exact) mass is 398 g/mol. The zero-order valence-electron chi connectivity index (χ0n) is 14.3. The van der Waals surface area contributed by atoms with Crippen LogP contribution >= 0.6 is 0 Å². The lowest BCUT2D eigenvalue weighted by molar-refractivity contribution is -0.393. The summed E-state index contributed by atoms with van der Waals surface area (Å²) < 4.78 is 5.48. The summed E-state index contributed by atoms with van der Waals surface area (Å²) in [6.45, 7) is 0. The van der Waals surface area contributed by atoms with E-state index in [4.69, 9.17) is 4.42 Å². The standard InChI is InChI=1S/C16H10N6O7/c23-20(24)10-1-4-13(14(7-10)22(27)28)15-5-3-12(29-15)9-18-19-16-6-2-11(8-17-16)21(25)26/h1-9H,(H,17,19)/b18-9+. The fourth-order valence-corrected chi connectivity index (χ4v) is 2.28. The van der Waals surface area contributed by atoms with E-state index in [1.807, 2.05) is 0 Å². The average Bonchev–Trinajstić information content (AvgIpc) is 3.16. The maximum atomic E-state index is 11.2. The summed E-state index contributed by atoms with van der Waals surface area (Å²) in [5.74, 6) is 0.619. The van der Waals surface area contributed by atoms with Crippen LogP contribution in [0, 0.1) is 30.3 Å². The predicted molar refractivity (Wildman–Crippen MR) is 99.6 cm³/mol. The molecule has 3 aromatic rings. The minimum Gasteiger partial charge on any atom is -0.455 e. The molecular weight excluding hydrogens is 388 g/mol. The van der Waals surface area contributed by atoms with Gasteiger partial charge in [-0.25, -0.2) is 4.98 Å². The highest BCUT2D eigenvalue weighted by molar-refractivity contribution is 5.79. The Morgan fingerprint density at radius 2 is 1.66 bits per heavy atom. The van der Waals surface area contributed by atoms with E-state index in [2.05, 4.69) is 15.5 Å². The fraction of sp³-hybridized carbons (Fsp3) is 0. The molecule has 0 atom stereocenters. The van der Waals surface area contributed by atoms with Crippen LogP contribution < -0.4 is 5.43 Å². The van der Waals surface area contributed by atoms with Crippen LogP contribution in [0.4, 0.5) is 22.9 Å². The molecule has 13 nitrogen and oxygen atoms in total. The second kappa shape index (κ2) is 7.91. The lowest BCUT2D eigenvalue weighted by Gasteiger charge is -2.00. The maximum absolute atomic E-state index is 11.2. The third-order valence-corrected chi connectivity index (χ3v) is 3.61. The molecule has 0 saturated heterocycles. The molecule has 0 aliphatic heterocycles. The maximum Gasteiger partial charge on any atom is 0.287 e. The van der Waals surface area contributed by atoms with E-state index in [9.17, 15) is 30.3 Å². The molecule has 0 aliphatic rings. The third-order valence-electron chi connectivity index (χ3n) is 3.61. The normalized spacial score (nSPS) is 10.8. The number of pyridine rings is 1. The molecule has 0 amide bonds. The largest absolute Gasteiger partial charge is 0.455 e. The molecule has 0 aliphatic carbocycles. The van der Waals surface area contributed by atoms with Crippen LogP contribution in [0.15, 0.2) is 58.2 Å². The van der Waals surface area contributed by atoms with E-state index in [0.717, 1.165) is 18.3 Å². The predicted octanol–water partition coefficient (Wildman–Crippen LogP) is 3.51. The Balaban J connectivity index is 1.77. The zero-order valence-corrected chi connectivity index (χ0v) is 14.3. The summed E-state index contributed by atoms with van der Waals surface area (Å²) in [5.41, 5.74) is 1.58. The van der Waals surface area contributed by atoms with Crippen molar-refractivity contribution in [3.05, 3.63) is 84.8 Å². The topological polar surface area (TPSA) is 180 Å². The van der Waals surface area contributed by atoms with Crippen molar-refractivity contribution in [3.63, 3.8) is 0 Å². The van der Waals surface area contributed by atoms with Crippen molar-refractivity contribution in [1.29, 1.82) is 0 Å². The Bertz CT molecular complexity index is 1120. The SMILES string of the molecule is O=[N+]([O-])c1ccc(N/N=C/c2ccc(-c3ccc([N+](=O)[O-])cc3[N+](=O)[O-])o2)nc1. The van der Waals surface area contributed by atoms with Crippen molar-refractivity contribution in [2.45, 2.75) is 0 Å². The van der Waals surface area contributed by atoms with Crippen molar-refractivity contribution in [1.82, 2.24) is 4.98 Å². The van der Waals surface area contributed by atoms with Crippen LogP contribution in [0.1, 0.15) is 5.76 Å². The summed E-state index contributed by atoms with van der Waals surface area (Å²) in [6.07, 6.45) is 2.33. The Labute approximate surface area is 160 Å². The Kier molecular flexibility index (Phi) is 5.21. The van der Waals surface area contributed by atoms with Gasteiger partial charge in [0.05, 0.1) is 32.6 Å². The molecule has 1 N–H and O–H groups in total. The van der Waals surface area contributed by atoms with Crippen LogP contribution in [-0.4, -0.2) is 26.0 Å². The molecule has 0 spiro atoms. The van der Waals surface area contributed by atoms with Gasteiger partial charge in [0.25, 0.3) is 17.1 Å². The first-order valence-corrected chi connectivity index (χ1v) is 7.77. The zero-order chi connectivity index (χ0) is 21.0. The summed E-state index contributed by atoms with van der Waals surface area (Å²) in [7, 11) is 0. The second-order valence-corrected chi connectivity index (χ2v) is 5.45. The van der Waals surface area contributed by atoms with Gasteiger partial charge in [0.1, 0.15) is 23.5 Å². The van der Waals surface area contributed by atoms with Gasteiger partial charge in [-0.3, -0.25) is 35.8 Å². The van der Waals surface area contributed by atoms with E-state index in [1.54, 1.807) is 0 Å². The molecule has 13 heteroatoms. The minimum absolute atomic E-state index is 0.0743. The lowest BCUT2D eigenvalue weighted by atomic mass is 10.1. The summed E-state index contributed by atoms with van der Waals surface area (Å²) in [6, 6.07) is 8.80. The average molecular weight is 398 g/mol. The highest BCUT2D eigenvalue weighted by atomic mass is 16.6. The van der Waals surface area contributed by atoms with Gasteiger partial charge in [-0.15, -0.1) is 0 Å². The van der Waals surface area contributed by atoms with Crippen molar-refractivity contribution < 1.29 is 19.2 Å². The number of hydrazone groups is 1. The van der Waals surface area contributed by atoms with E-state index in [-0.39, 0.29) is 28.6 Å². The number of hydrogen-bond acceptors (Lipinski definition) is 10. The van der Waals surface area contributed by atoms with Gasteiger partial charge >= 0.3 is 0 Å². The number of furan rings is 1. The van der Waals surface area contributed by atoms with Gasteiger partial charge in [0.2, 0.25) is 0 Å². The Morgan fingerprint density at radius 1 is 0.931 bits per heavy atom. The number of aromatic nitrogens is 1. The molecule has 146 valence electrons. The molecule has 0 fully saturated rings. The smallest absolute Gasteiger partial charge is 0.287 e. The van der Waals surface area contributed by atoms with E-state index >= 15 is 0 Å². The Morgan fingerprint density at radius 3 is 2.28 bits per heavy atom. The number of nitro groups is 3. The first kappa shape index (κ1) is 19.1. The molecule has 2 aromatic heterocycles. The highest BCUT2D eigenvalue weighted by Gasteiger charge is 2.22. The first-order chi connectivity index (χ1) is 13.8. The molecule has 1 aromatic carbocycles. The summed E-state index contributed by atoms with van der Waals surface area (Å²) >= 11 is 0. The van der Waals surface area contributed by atoms with Gasteiger partial charge in [-0.1, -0.05) is 0 Å². The number of rotatable bonds is 7. The number of nitrogens with zero attached hydrogens (tertiary/aromatic N) is 5. The van der Waals surface area contributed by atoms with Crippen LogP contribution in [0.3, 0.4) is 0 Å². The second-order valence-electron chi connectivity index (χ2n) is 5.45. The number of nitrogens with one attached hydrogen (secondary N) is 1.